The second kappa shape index (κ2) is 7.46. The van der Waals surface area contributed by atoms with E-state index in [1.165, 1.54) is 56.1 Å². The molecule has 1 aliphatic heterocycles. The van der Waals surface area contributed by atoms with Gasteiger partial charge >= 0.3 is 0 Å². The Kier molecular flexibility index (Phi) is 5.12. The zero-order valence-electron chi connectivity index (χ0n) is 12.8. The summed E-state index contributed by atoms with van der Waals surface area (Å²) in [5.41, 5.74) is 0. The van der Waals surface area contributed by atoms with Gasteiger partial charge in [-0.2, -0.15) is 0 Å². The molecule has 0 atom stereocenters. The van der Waals surface area contributed by atoms with E-state index in [-0.39, 0.29) is 0 Å². The lowest BCUT2D eigenvalue weighted by atomic mass is 10.1. The first-order valence-corrected chi connectivity index (χ1v) is 8.26. The van der Waals surface area contributed by atoms with E-state index >= 15 is 0 Å². The summed E-state index contributed by atoms with van der Waals surface area (Å²) >= 11 is 0. The third-order valence-electron chi connectivity index (χ3n) is 4.32. The maximum atomic E-state index is 5.98. The number of hydrogen-bond donors (Lipinski definition) is 0. The van der Waals surface area contributed by atoms with E-state index in [0.29, 0.717) is 0 Å². The predicted octanol–water partition coefficient (Wildman–Crippen LogP) is 4.48. The lowest BCUT2D eigenvalue weighted by Crippen LogP contribution is -2.20. The molecule has 0 bridgehead atoms. The molecule has 1 saturated heterocycles. The van der Waals surface area contributed by atoms with E-state index in [2.05, 4.69) is 47.4 Å². The molecule has 0 saturated carbocycles. The maximum Gasteiger partial charge on any atom is 0.127 e. The molecule has 2 aromatic rings. The van der Waals surface area contributed by atoms with Crippen LogP contribution in [-0.4, -0.2) is 31.1 Å². The second-order valence-corrected chi connectivity index (χ2v) is 5.94. The molecule has 2 aromatic carbocycles. The Balaban J connectivity index is 1.40. The van der Waals surface area contributed by atoms with Gasteiger partial charge in [-0.3, -0.25) is 0 Å². The molecule has 2 nitrogen and oxygen atoms in total. The van der Waals surface area contributed by atoms with E-state index in [1.807, 2.05) is 0 Å². The van der Waals surface area contributed by atoms with Crippen molar-refractivity contribution in [3.63, 3.8) is 0 Å². The fraction of sp³-hybridized carbons (Fsp3) is 0.474. The van der Waals surface area contributed by atoms with E-state index in [1.54, 1.807) is 0 Å². The van der Waals surface area contributed by atoms with Crippen LogP contribution in [0.5, 0.6) is 5.75 Å². The summed E-state index contributed by atoms with van der Waals surface area (Å²) < 4.78 is 5.98. The molecule has 1 aliphatic rings. The van der Waals surface area contributed by atoms with Crippen molar-refractivity contribution in [3.8, 4) is 5.75 Å². The van der Waals surface area contributed by atoms with Gasteiger partial charge in [-0.1, -0.05) is 36.4 Å². The van der Waals surface area contributed by atoms with E-state index in [9.17, 15) is 0 Å². The number of nitrogens with zero attached hydrogens (tertiary/aromatic N) is 1. The highest BCUT2D eigenvalue weighted by molar-refractivity contribution is 5.88. The second-order valence-electron chi connectivity index (χ2n) is 5.94. The summed E-state index contributed by atoms with van der Waals surface area (Å²) in [7, 11) is 0. The SMILES string of the molecule is c1ccc2c(OCCCCCN3CCCC3)cccc2c1. The third kappa shape index (κ3) is 3.98. The molecule has 0 unspecified atom stereocenters. The van der Waals surface area contributed by atoms with Crippen molar-refractivity contribution in [2.45, 2.75) is 32.1 Å². The Labute approximate surface area is 127 Å². The summed E-state index contributed by atoms with van der Waals surface area (Å²) in [5, 5.41) is 2.47. The highest BCUT2D eigenvalue weighted by Gasteiger charge is 2.10. The van der Waals surface area contributed by atoms with Gasteiger partial charge in [-0.05, 0) is 63.2 Å². The minimum atomic E-state index is 0.827. The van der Waals surface area contributed by atoms with Crippen LogP contribution in [0.4, 0.5) is 0 Å². The Morgan fingerprint density at radius 1 is 0.857 bits per heavy atom. The van der Waals surface area contributed by atoms with E-state index in [4.69, 9.17) is 4.74 Å². The van der Waals surface area contributed by atoms with E-state index in [0.717, 1.165) is 18.8 Å². The van der Waals surface area contributed by atoms with Crippen molar-refractivity contribution >= 4 is 10.8 Å². The molecule has 0 aromatic heterocycles. The molecule has 1 heterocycles. The summed E-state index contributed by atoms with van der Waals surface area (Å²) in [6, 6.07) is 14.7. The van der Waals surface area contributed by atoms with Crippen molar-refractivity contribution in [1.29, 1.82) is 0 Å². The van der Waals surface area contributed by atoms with Gasteiger partial charge in [0.15, 0.2) is 0 Å². The van der Waals surface area contributed by atoms with Crippen molar-refractivity contribution in [2.24, 2.45) is 0 Å². The van der Waals surface area contributed by atoms with E-state index < -0.39 is 0 Å². The summed E-state index contributed by atoms with van der Waals surface area (Å²) in [6.07, 6.45) is 6.51. The number of benzene rings is 2. The Morgan fingerprint density at radius 2 is 1.67 bits per heavy atom. The van der Waals surface area contributed by atoms with Crippen molar-refractivity contribution in [2.75, 3.05) is 26.2 Å². The lowest BCUT2D eigenvalue weighted by Gasteiger charge is -2.14. The highest BCUT2D eigenvalue weighted by atomic mass is 16.5. The fourth-order valence-electron chi connectivity index (χ4n) is 3.12. The highest BCUT2D eigenvalue weighted by Crippen LogP contribution is 2.25. The van der Waals surface area contributed by atoms with Gasteiger partial charge in [0.05, 0.1) is 6.61 Å². The minimum Gasteiger partial charge on any atom is -0.493 e. The molecule has 0 amide bonds. The third-order valence-corrected chi connectivity index (χ3v) is 4.32. The van der Waals surface area contributed by atoms with Gasteiger partial charge in [0.1, 0.15) is 5.75 Å². The van der Waals surface area contributed by atoms with Crippen molar-refractivity contribution in [3.05, 3.63) is 42.5 Å². The smallest absolute Gasteiger partial charge is 0.127 e. The molecule has 0 spiro atoms. The summed E-state index contributed by atoms with van der Waals surface area (Å²) in [4.78, 5) is 2.59. The minimum absolute atomic E-state index is 0.827. The molecule has 112 valence electrons. The first-order valence-electron chi connectivity index (χ1n) is 8.26. The molecule has 0 radical (unpaired) electrons. The Bertz CT molecular complexity index is 555. The number of unbranched alkanes of at least 4 members (excludes halogenated alkanes) is 2. The predicted molar refractivity (Wildman–Crippen MR) is 89.0 cm³/mol. The fourth-order valence-corrected chi connectivity index (χ4v) is 3.12. The lowest BCUT2D eigenvalue weighted by molar-refractivity contribution is 0.292. The molecular formula is C19H25NO. The number of fused-ring (bicyclic) bond motifs is 1. The Morgan fingerprint density at radius 3 is 2.57 bits per heavy atom. The number of likely N-dealkylation sites (tertiary alicyclic amines) is 1. The topological polar surface area (TPSA) is 12.5 Å². The number of ether oxygens (including phenoxy) is 1. The molecule has 0 aliphatic carbocycles. The molecule has 2 heteroatoms. The van der Waals surface area contributed by atoms with Crippen LogP contribution in [0.25, 0.3) is 10.8 Å². The van der Waals surface area contributed by atoms with Crippen LogP contribution >= 0.6 is 0 Å². The maximum absolute atomic E-state index is 5.98. The van der Waals surface area contributed by atoms with Gasteiger partial charge in [0.25, 0.3) is 0 Å². The molecular weight excluding hydrogens is 258 g/mol. The quantitative estimate of drug-likeness (QED) is 0.694. The van der Waals surface area contributed by atoms with Crippen LogP contribution in [0.1, 0.15) is 32.1 Å². The summed E-state index contributed by atoms with van der Waals surface area (Å²) in [6.45, 7) is 4.72. The van der Waals surface area contributed by atoms with Gasteiger partial charge in [0, 0.05) is 5.39 Å². The number of hydrogen-bond acceptors (Lipinski definition) is 2. The normalized spacial score (nSPS) is 15.6. The largest absolute Gasteiger partial charge is 0.493 e. The monoisotopic (exact) mass is 283 g/mol. The average Bonchev–Trinajstić information content (AvgIpc) is 3.04. The van der Waals surface area contributed by atoms with Crippen LogP contribution in [0.2, 0.25) is 0 Å². The number of rotatable bonds is 7. The van der Waals surface area contributed by atoms with Gasteiger partial charge < -0.3 is 9.64 Å². The van der Waals surface area contributed by atoms with Crippen LogP contribution in [0.15, 0.2) is 42.5 Å². The van der Waals surface area contributed by atoms with Gasteiger partial charge in [-0.25, -0.2) is 0 Å². The molecule has 0 N–H and O–H groups in total. The van der Waals surface area contributed by atoms with Crippen molar-refractivity contribution in [1.82, 2.24) is 4.90 Å². The van der Waals surface area contributed by atoms with Crippen molar-refractivity contribution < 1.29 is 4.74 Å². The van der Waals surface area contributed by atoms with Crippen LogP contribution < -0.4 is 4.74 Å². The van der Waals surface area contributed by atoms with Crippen LogP contribution in [0, 0.1) is 0 Å². The average molecular weight is 283 g/mol. The molecule has 3 rings (SSSR count). The van der Waals surface area contributed by atoms with Crippen LogP contribution in [-0.2, 0) is 0 Å². The Hall–Kier alpha value is -1.54. The molecule has 21 heavy (non-hydrogen) atoms. The standard InChI is InChI=1S/C19H25NO/c1(4-13-20-14-5-6-15-20)7-16-21-19-12-8-10-17-9-2-3-11-18(17)19/h2-3,8-12H,1,4-7,13-16H2. The first-order chi connectivity index (χ1) is 10.4. The zero-order chi connectivity index (χ0) is 14.3. The molecule has 1 fully saturated rings. The van der Waals surface area contributed by atoms with Gasteiger partial charge in [-0.15, -0.1) is 0 Å². The van der Waals surface area contributed by atoms with Gasteiger partial charge in [0.2, 0.25) is 0 Å². The van der Waals surface area contributed by atoms with Crippen LogP contribution in [0.3, 0.4) is 0 Å². The first kappa shape index (κ1) is 14.4. The zero-order valence-corrected chi connectivity index (χ0v) is 12.8. The summed E-state index contributed by atoms with van der Waals surface area (Å²) in [5.74, 6) is 1.02.